The van der Waals surface area contributed by atoms with Crippen molar-refractivity contribution in [3.63, 3.8) is 0 Å². The molecule has 0 aliphatic carbocycles. The quantitative estimate of drug-likeness (QED) is 0.881. The first-order valence-corrected chi connectivity index (χ1v) is 6.43. The van der Waals surface area contributed by atoms with Gasteiger partial charge in [-0.3, -0.25) is 0 Å². The summed E-state index contributed by atoms with van der Waals surface area (Å²) in [5.74, 6) is 0. The maximum atomic E-state index is 10.6. The summed E-state index contributed by atoms with van der Waals surface area (Å²) in [6.07, 6.45) is -0.145. The molecule has 2 N–H and O–H groups in total. The molecule has 1 unspecified atom stereocenters. The third kappa shape index (κ3) is 3.04. The molecule has 1 aliphatic heterocycles. The largest absolute Gasteiger partial charge is 0.465 e. The van der Waals surface area contributed by atoms with Gasteiger partial charge in [0.2, 0.25) is 0 Å². The van der Waals surface area contributed by atoms with Gasteiger partial charge in [0.05, 0.1) is 11.7 Å². The van der Waals surface area contributed by atoms with E-state index in [4.69, 9.17) is 16.7 Å². The molecule has 1 aromatic carbocycles. The molecule has 2 rings (SSSR count). The Bertz CT molecular complexity index is 441. The average molecular weight is 320 g/mol. The molecule has 0 aromatic heterocycles. The predicted octanol–water partition coefficient (Wildman–Crippen LogP) is 2.95. The van der Waals surface area contributed by atoms with Crippen LogP contribution in [0, 0.1) is 0 Å². The van der Waals surface area contributed by atoms with Gasteiger partial charge in [0.1, 0.15) is 0 Å². The molecule has 0 saturated carbocycles. The molecule has 0 radical (unpaired) electrons. The van der Waals surface area contributed by atoms with E-state index in [1.54, 1.807) is 0 Å². The van der Waals surface area contributed by atoms with Crippen molar-refractivity contribution in [2.45, 2.75) is 12.5 Å². The van der Waals surface area contributed by atoms with Gasteiger partial charge in [0, 0.05) is 22.6 Å². The lowest BCUT2D eigenvalue weighted by molar-refractivity contribution is 0.191. The maximum absolute atomic E-state index is 10.6. The predicted molar refractivity (Wildman–Crippen MR) is 70.9 cm³/mol. The molecule has 17 heavy (non-hydrogen) atoms. The van der Waals surface area contributed by atoms with Crippen LogP contribution in [0.15, 0.2) is 22.7 Å². The Kier molecular flexibility index (Phi) is 3.79. The highest BCUT2D eigenvalue weighted by molar-refractivity contribution is 9.10. The Morgan fingerprint density at radius 2 is 2.35 bits per heavy atom. The zero-order chi connectivity index (χ0) is 12.4. The molecule has 4 nitrogen and oxygen atoms in total. The summed E-state index contributed by atoms with van der Waals surface area (Å²) in [5, 5.41) is 11.9. The molecule has 1 heterocycles. The highest BCUT2D eigenvalue weighted by atomic mass is 79.9. The Labute approximate surface area is 113 Å². The number of carbonyl (C=O) groups is 1. The number of hydrogen-bond donors (Lipinski definition) is 2. The summed E-state index contributed by atoms with van der Waals surface area (Å²) >= 11 is 9.35. The minimum Gasteiger partial charge on any atom is -0.465 e. The number of anilines is 1. The summed E-state index contributed by atoms with van der Waals surface area (Å²) in [6.45, 7) is 1.53. The average Bonchev–Trinajstić information content (AvgIpc) is 2.65. The number of hydrogen-bond acceptors (Lipinski definition) is 2. The third-order valence-electron chi connectivity index (χ3n) is 2.77. The number of benzene rings is 1. The van der Waals surface area contributed by atoms with Crippen LogP contribution in [-0.4, -0.2) is 30.3 Å². The van der Waals surface area contributed by atoms with Crippen LogP contribution in [0.25, 0.3) is 0 Å². The van der Waals surface area contributed by atoms with Gasteiger partial charge < -0.3 is 15.3 Å². The minimum absolute atomic E-state index is 0.00456. The van der Waals surface area contributed by atoms with E-state index in [-0.39, 0.29) is 6.04 Å². The molecular weight excluding hydrogens is 307 g/mol. The second-order valence-electron chi connectivity index (χ2n) is 3.98. The second-order valence-corrected chi connectivity index (χ2v) is 5.27. The van der Waals surface area contributed by atoms with E-state index >= 15 is 0 Å². The Morgan fingerprint density at radius 1 is 1.59 bits per heavy atom. The fourth-order valence-electron chi connectivity index (χ4n) is 2.01. The van der Waals surface area contributed by atoms with Crippen molar-refractivity contribution in [2.24, 2.45) is 0 Å². The summed E-state index contributed by atoms with van der Waals surface area (Å²) in [5.41, 5.74) is 1.05. The molecule has 1 aliphatic rings. The zero-order valence-corrected chi connectivity index (χ0v) is 11.3. The van der Waals surface area contributed by atoms with Crippen LogP contribution >= 0.6 is 27.5 Å². The highest BCUT2D eigenvalue weighted by Gasteiger charge is 2.24. The molecule has 1 aromatic rings. The van der Waals surface area contributed by atoms with Crippen LogP contribution in [-0.2, 0) is 0 Å². The molecule has 1 saturated heterocycles. The number of nitrogens with zero attached hydrogens (tertiary/aromatic N) is 1. The van der Waals surface area contributed by atoms with Crippen molar-refractivity contribution in [3.8, 4) is 0 Å². The third-order valence-corrected chi connectivity index (χ3v) is 3.64. The van der Waals surface area contributed by atoms with Gasteiger partial charge >= 0.3 is 6.09 Å². The molecular formula is C11H12BrClN2O2. The van der Waals surface area contributed by atoms with E-state index in [2.05, 4.69) is 26.1 Å². The van der Waals surface area contributed by atoms with Gasteiger partial charge in [-0.1, -0.05) is 11.6 Å². The van der Waals surface area contributed by atoms with Crippen molar-refractivity contribution in [1.29, 1.82) is 0 Å². The SMILES string of the molecule is O=C(O)NC1CCN(c2ccc(Cl)cc2Br)C1. The van der Waals surface area contributed by atoms with E-state index < -0.39 is 6.09 Å². The lowest BCUT2D eigenvalue weighted by Gasteiger charge is -2.20. The first-order chi connectivity index (χ1) is 8.06. The number of carboxylic acid groups (broad SMARTS) is 1. The number of nitrogens with one attached hydrogen (secondary N) is 1. The van der Waals surface area contributed by atoms with Crippen LogP contribution in [0.4, 0.5) is 10.5 Å². The fraction of sp³-hybridized carbons (Fsp3) is 0.364. The van der Waals surface area contributed by atoms with E-state index in [0.29, 0.717) is 11.6 Å². The van der Waals surface area contributed by atoms with Gasteiger partial charge in [-0.15, -0.1) is 0 Å². The monoisotopic (exact) mass is 318 g/mol. The smallest absolute Gasteiger partial charge is 0.404 e. The molecule has 0 bridgehead atoms. The maximum Gasteiger partial charge on any atom is 0.404 e. The van der Waals surface area contributed by atoms with Crippen molar-refractivity contribution in [1.82, 2.24) is 5.32 Å². The van der Waals surface area contributed by atoms with Crippen LogP contribution in [0.5, 0.6) is 0 Å². The lowest BCUT2D eigenvalue weighted by atomic mass is 10.3. The topological polar surface area (TPSA) is 52.6 Å². The van der Waals surface area contributed by atoms with Gasteiger partial charge in [-0.25, -0.2) is 4.79 Å². The number of rotatable bonds is 2. The molecule has 1 fully saturated rings. The van der Waals surface area contributed by atoms with Crippen molar-refractivity contribution < 1.29 is 9.90 Å². The van der Waals surface area contributed by atoms with Crippen LogP contribution in [0.2, 0.25) is 5.02 Å². The molecule has 92 valence electrons. The highest BCUT2D eigenvalue weighted by Crippen LogP contribution is 2.31. The van der Waals surface area contributed by atoms with Crippen LogP contribution in [0.1, 0.15) is 6.42 Å². The summed E-state index contributed by atoms with van der Waals surface area (Å²) in [6, 6.07) is 5.61. The zero-order valence-electron chi connectivity index (χ0n) is 8.99. The normalized spacial score (nSPS) is 19.4. The van der Waals surface area contributed by atoms with Gasteiger partial charge in [0.15, 0.2) is 0 Å². The van der Waals surface area contributed by atoms with Crippen LogP contribution < -0.4 is 10.2 Å². The Hall–Kier alpha value is -0.940. The summed E-state index contributed by atoms with van der Waals surface area (Å²) in [4.78, 5) is 12.7. The summed E-state index contributed by atoms with van der Waals surface area (Å²) < 4.78 is 0.931. The summed E-state index contributed by atoms with van der Waals surface area (Å²) in [7, 11) is 0. The Balaban J connectivity index is 2.07. The van der Waals surface area contributed by atoms with E-state index in [1.165, 1.54) is 0 Å². The second kappa shape index (κ2) is 5.14. The molecule has 0 spiro atoms. The van der Waals surface area contributed by atoms with E-state index in [0.717, 1.165) is 23.1 Å². The minimum atomic E-state index is -0.966. The fourth-order valence-corrected chi connectivity index (χ4v) is 2.94. The van der Waals surface area contributed by atoms with Gasteiger partial charge in [-0.05, 0) is 40.5 Å². The van der Waals surface area contributed by atoms with Crippen molar-refractivity contribution >= 4 is 39.3 Å². The first kappa shape index (κ1) is 12.5. The van der Waals surface area contributed by atoms with E-state index in [9.17, 15) is 4.79 Å². The number of amides is 1. The van der Waals surface area contributed by atoms with Gasteiger partial charge in [0.25, 0.3) is 0 Å². The molecule has 1 atom stereocenters. The molecule has 6 heteroatoms. The van der Waals surface area contributed by atoms with Gasteiger partial charge in [-0.2, -0.15) is 0 Å². The Morgan fingerprint density at radius 3 is 3.00 bits per heavy atom. The first-order valence-electron chi connectivity index (χ1n) is 5.25. The van der Waals surface area contributed by atoms with Crippen molar-refractivity contribution in [3.05, 3.63) is 27.7 Å². The lowest BCUT2D eigenvalue weighted by Crippen LogP contribution is -2.36. The van der Waals surface area contributed by atoms with E-state index in [1.807, 2.05) is 18.2 Å². The van der Waals surface area contributed by atoms with Crippen molar-refractivity contribution in [2.75, 3.05) is 18.0 Å². The molecule has 1 amide bonds. The standard InChI is InChI=1S/C11H12BrClN2O2/c12-9-5-7(13)1-2-10(9)15-4-3-8(6-15)14-11(16)17/h1-2,5,8,14H,3-4,6H2,(H,16,17). The van der Waals surface area contributed by atoms with Crippen LogP contribution in [0.3, 0.4) is 0 Å². The number of halogens is 2.